The average molecular weight is 244 g/mol. The third-order valence-corrected chi connectivity index (χ3v) is 3.80. The van der Waals surface area contributed by atoms with E-state index in [1.807, 2.05) is 23.1 Å². The van der Waals surface area contributed by atoms with Crippen LogP contribution in [0.15, 0.2) is 18.2 Å². The van der Waals surface area contributed by atoms with Gasteiger partial charge in [-0.2, -0.15) is 0 Å². The summed E-state index contributed by atoms with van der Waals surface area (Å²) in [4.78, 5) is 27.4. The van der Waals surface area contributed by atoms with E-state index in [1.165, 1.54) is 0 Å². The van der Waals surface area contributed by atoms with Crippen LogP contribution in [-0.4, -0.2) is 36.9 Å². The van der Waals surface area contributed by atoms with Gasteiger partial charge in [-0.3, -0.25) is 9.59 Å². The minimum Gasteiger partial charge on any atom is -0.339 e. The second-order valence-corrected chi connectivity index (χ2v) is 4.97. The van der Waals surface area contributed by atoms with Crippen molar-refractivity contribution < 1.29 is 9.59 Å². The Labute approximate surface area is 106 Å². The average Bonchev–Trinajstić information content (AvgIpc) is 2.98. The monoisotopic (exact) mass is 244 g/mol. The van der Waals surface area contributed by atoms with Crippen LogP contribution in [0.25, 0.3) is 0 Å². The number of anilines is 1. The molecule has 1 fully saturated rings. The zero-order valence-electron chi connectivity index (χ0n) is 10.5. The Balaban J connectivity index is 1.89. The number of rotatable bonds is 1. The fourth-order valence-corrected chi connectivity index (χ4v) is 2.71. The fraction of sp³-hybridized carbons (Fsp3) is 0.429. The summed E-state index contributed by atoms with van der Waals surface area (Å²) >= 11 is 0. The highest BCUT2D eigenvalue weighted by atomic mass is 16.2. The highest BCUT2D eigenvalue weighted by molar-refractivity contribution is 6.03. The number of hydrogen-bond donors (Lipinski definition) is 0. The molecule has 2 heterocycles. The Morgan fingerprint density at radius 3 is 2.67 bits per heavy atom. The molecule has 2 aliphatic heterocycles. The summed E-state index contributed by atoms with van der Waals surface area (Å²) in [6.45, 7) is 1.71. The van der Waals surface area contributed by atoms with Crippen LogP contribution in [0.2, 0.25) is 0 Å². The molecule has 0 aliphatic carbocycles. The summed E-state index contributed by atoms with van der Waals surface area (Å²) in [6, 6.07) is 5.58. The van der Waals surface area contributed by atoms with Gasteiger partial charge < -0.3 is 9.80 Å². The molecule has 0 N–H and O–H groups in total. The van der Waals surface area contributed by atoms with Gasteiger partial charge >= 0.3 is 0 Å². The van der Waals surface area contributed by atoms with Crippen LogP contribution in [0.3, 0.4) is 0 Å². The number of hydrogen-bond acceptors (Lipinski definition) is 2. The first kappa shape index (κ1) is 11.3. The Kier molecular flexibility index (Phi) is 2.58. The molecule has 4 nitrogen and oxygen atoms in total. The Hall–Kier alpha value is -1.84. The number of carbonyl (C=O) groups is 2. The van der Waals surface area contributed by atoms with Crippen LogP contribution >= 0.6 is 0 Å². The van der Waals surface area contributed by atoms with Crippen LogP contribution in [0.5, 0.6) is 0 Å². The van der Waals surface area contributed by atoms with Gasteiger partial charge in [0.2, 0.25) is 5.91 Å². The van der Waals surface area contributed by atoms with Crippen LogP contribution in [0.4, 0.5) is 5.69 Å². The standard InChI is InChI=1S/C14H16N2O2/c1-15-12-5-4-10(8-11(12)9-13(15)17)14(18)16-6-2-3-7-16/h4-5,8H,2-3,6-7,9H2,1H3. The summed E-state index contributed by atoms with van der Waals surface area (Å²) in [5, 5.41) is 0. The predicted octanol–water partition coefficient (Wildman–Crippen LogP) is 1.44. The van der Waals surface area contributed by atoms with Crippen LogP contribution in [0.1, 0.15) is 28.8 Å². The van der Waals surface area contributed by atoms with E-state index in [-0.39, 0.29) is 11.8 Å². The molecule has 0 bridgehead atoms. The fourth-order valence-electron chi connectivity index (χ4n) is 2.71. The quantitative estimate of drug-likeness (QED) is 0.750. The lowest BCUT2D eigenvalue weighted by Crippen LogP contribution is -2.27. The molecule has 0 spiro atoms. The molecule has 0 unspecified atom stereocenters. The summed E-state index contributed by atoms with van der Waals surface area (Å²) in [7, 11) is 1.77. The molecule has 1 aromatic rings. The Morgan fingerprint density at radius 2 is 1.94 bits per heavy atom. The first-order valence-corrected chi connectivity index (χ1v) is 6.35. The summed E-state index contributed by atoms with van der Waals surface area (Å²) in [5.41, 5.74) is 2.60. The highest BCUT2D eigenvalue weighted by Gasteiger charge is 2.26. The lowest BCUT2D eigenvalue weighted by Gasteiger charge is -2.16. The van der Waals surface area contributed by atoms with Gasteiger partial charge in [-0.1, -0.05) is 0 Å². The molecule has 2 amide bonds. The lowest BCUT2D eigenvalue weighted by atomic mass is 10.1. The molecular weight excluding hydrogens is 228 g/mol. The second-order valence-electron chi connectivity index (χ2n) is 4.97. The van der Waals surface area contributed by atoms with E-state index in [0.717, 1.165) is 37.2 Å². The highest BCUT2D eigenvalue weighted by Crippen LogP contribution is 2.29. The molecule has 3 rings (SSSR count). The largest absolute Gasteiger partial charge is 0.339 e. The maximum absolute atomic E-state index is 12.2. The number of likely N-dealkylation sites (N-methyl/N-ethyl adjacent to an activating group) is 1. The molecule has 0 saturated carbocycles. The van der Waals surface area contributed by atoms with E-state index in [0.29, 0.717) is 12.0 Å². The number of likely N-dealkylation sites (tertiary alicyclic amines) is 1. The van der Waals surface area contributed by atoms with Crippen molar-refractivity contribution in [3.05, 3.63) is 29.3 Å². The van der Waals surface area contributed by atoms with Crippen molar-refractivity contribution >= 4 is 17.5 Å². The van der Waals surface area contributed by atoms with E-state index in [1.54, 1.807) is 11.9 Å². The zero-order chi connectivity index (χ0) is 12.7. The van der Waals surface area contributed by atoms with E-state index in [4.69, 9.17) is 0 Å². The summed E-state index contributed by atoms with van der Waals surface area (Å²) in [6.07, 6.45) is 2.60. The number of carbonyl (C=O) groups excluding carboxylic acids is 2. The summed E-state index contributed by atoms with van der Waals surface area (Å²) < 4.78 is 0. The number of amides is 2. The van der Waals surface area contributed by atoms with Gasteiger partial charge in [0.05, 0.1) is 6.42 Å². The topological polar surface area (TPSA) is 40.6 Å². The van der Waals surface area contributed by atoms with Crippen LogP contribution in [-0.2, 0) is 11.2 Å². The molecule has 0 aromatic heterocycles. The van der Waals surface area contributed by atoms with Gasteiger partial charge in [0.1, 0.15) is 0 Å². The molecule has 2 aliphatic rings. The van der Waals surface area contributed by atoms with Crippen molar-refractivity contribution in [1.82, 2.24) is 4.90 Å². The molecule has 18 heavy (non-hydrogen) atoms. The normalized spacial score (nSPS) is 18.4. The van der Waals surface area contributed by atoms with Gasteiger partial charge in [0.15, 0.2) is 0 Å². The van der Waals surface area contributed by atoms with E-state index >= 15 is 0 Å². The maximum Gasteiger partial charge on any atom is 0.253 e. The molecule has 94 valence electrons. The van der Waals surface area contributed by atoms with E-state index in [9.17, 15) is 9.59 Å². The minimum absolute atomic E-state index is 0.0933. The molecular formula is C14H16N2O2. The molecule has 0 radical (unpaired) electrons. The van der Waals surface area contributed by atoms with Crippen molar-refractivity contribution in [3.8, 4) is 0 Å². The minimum atomic E-state index is 0.0933. The Morgan fingerprint density at radius 1 is 1.22 bits per heavy atom. The first-order chi connectivity index (χ1) is 8.66. The third-order valence-electron chi connectivity index (χ3n) is 3.80. The van der Waals surface area contributed by atoms with Gasteiger partial charge in [0, 0.05) is 31.4 Å². The van der Waals surface area contributed by atoms with Gasteiger partial charge in [-0.15, -0.1) is 0 Å². The van der Waals surface area contributed by atoms with E-state index < -0.39 is 0 Å². The van der Waals surface area contributed by atoms with Gasteiger partial charge in [0.25, 0.3) is 5.91 Å². The number of benzene rings is 1. The SMILES string of the molecule is CN1C(=O)Cc2cc(C(=O)N3CCCC3)ccc21. The third kappa shape index (κ3) is 1.68. The smallest absolute Gasteiger partial charge is 0.253 e. The maximum atomic E-state index is 12.2. The molecule has 1 saturated heterocycles. The second kappa shape index (κ2) is 4.12. The summed E-state index contributed by atoms with van der Waals surface area (Å²) in [5.74, 6) is 0.188. The molecule has 0 atom stereocenters. The van der Waals surface area contributed by atoms with Gasteiger partial charge in [-0.25, -0.2) is 0 Å². The van der Waals surface area contributed by atoms with Crippen LogP contribution < -0.4 is 4.90 Å². The van der Waals surface area contributed by atoms with Crippen LogP contribution in [0, 0.1) is 0 Å². The lowest BCUT2D eigenvalue weighted by molar-refractivity contribution is -0.117. The van der Waals surface area contributed by atoms with Gasteiger partial charge in [-0.05, 0) is 36.6 Å². The Bertz CT molecular complexity index is 519. The van der Waals surface area contributed by atoms with Crippen molar-refractivity contribution in [3.63, 3.8) is 0 Å². The number of fused-ring (bicyclic) bond motifs is 1. The number of nitrogens with zero attached hydrogens (tertiary/aromatic N) is 2. The molecule has 4 heteroatoms. The van der Waals surface area contributed by atoms with Crippen molar-refractivity contribution in [2.24, 2.45) is 0 Å². The van der Waals surface area contributed by atoms with Crippen molar-refractivity contribution in [1.29, 1.82) is 0 Å². The van der Waals surface area contributed by atoms with Crippen molar-refractivity contribution in [2.75, 3.05) is 25.0 Å². The first-order valence-electron chi connectivity index (χ1n) is 6.35. The van der Waals surface area contributed by atoms with E-state index in [2.05, 4.69) is 0 Å². The predicted molar refractivity (Wildman–Crippen MR) is 68.7 cm³/mol. The zero-order valence-corrected chi connectivity index (χ0v) is 10.5. The van der Waals surface area contributed by atoms with Crippen molar-refractivity contribution in [2.45, 2.75) is 19.3 Å². The molecule has 1 aromatic carbocycles.